The van der Waals surface area contributed by atoms with Crippen molar-refractivity contribution in [1.82, 2.24) is 9.80 Å². The van der Waals surface area contributed by atoms with Crippen LogP contribution in [0.5, 0.6) is 0 Å². The molecule has 38 heavy (non-hydrogen) atoms. The molecule has 7 atom stereocenters. The van der Waals surface area contributed by atoms with Gasteiger partial charge in [-0.2, -0.15) is 0 Å². The third-order valence-corrected chi connectivity index (χ3v) is 8.93. The third kappa shape index (κ3) is 4.26. The molecule has 3 saturated heterocycles. The SMILES string of the molecule is C=CCN(C(=O)C1N([C@H](CO)c2ccccc2)C(=O)[C@@H]2[C@H](C(=O)OCC)[C@]3(CC)CCC12O3)C(C)CCC. The van der Waals surface area contributed by atoms with E-state index in [1.807, 2.05) is 44.2 Å². The van der Waals surface area contributed by atoms with Crippen LogP contribution in [-0.4, -0.2) is 75.7 Å². The van der Waals surface area contributed by atoms with Gasteiger partial charge in [0.25, 0.3) is 0 Å². The van der Waals surface area contributed by atoms with Crippen molar-refractivity contribution in [2.45, 2.75) is 89.1 Å². The van der Waals surface area contributed by atoms with E-state index in [-0.39, 0.29) is 31.1 Å². The molecule has 0 aliphatic carbocycles. The molecule has 2 amide bonds. The van der Waals surface area contributed by atoms with E-state index in [2.05, 4.69) is 13.5 Å². The number of fused-ring (bicyclic) bond motifs is 1. The Labute approximate surface area is 226 Å². The van der Waals surface area contributed by atoms with Crippen molar-refractivity contribution in [2.24, 2.45) is 11.8 Å². The predicted molar refractivity (Wildman–Crippen MR) is 143 cm³/mol. The third-order valence-electron chi connectivity index (χ3n) is 8.93. The number of rotatable bonds is 12. The zero-order valence-corrected chi connectivity index (χ0v) is 23.1. The number of benzene rings is 1. The van der Waals surface area contributed by atoms with E-state index in [4.69, 9.17) is 9.47 Å². The van der Waals surface area contributed by atoms with Crippen molar-refractivity contribution >= 4 is 17.8 Å². The van der Waals surface area contributed by atoms with Gasteiger partial charge in [-0.05, 0) is 45.1 Å². The van der Waals surface area contributed by atoms with Crippen molar-refractivity contribution in [3.63, 3.8) is 0 Å². The number of ether oxygens (including phenoxy) is 2. The summed E-state index contributed by atoms with van der Waals surface area (Å²) in [6, 6.07) is 7.42. The monoisotopic (exact) mass is 526 g/mol. The van der Waals surface area contributed by atoms with E-state index >= 15 is 0 Å². The fourth-order valence-electron chi connectivity index (χ4n) is 7.25. The topological polar surface area (TPSA) is 96.4 Å². The van der Waals surface area contributed by atoms with Crippen LogP contribution < -0.4 is 0 Å². The van der Waals surface area contributed by atoms with Crippen molar-refractivity contribution in [1.29, 1.82) is 0 Å². The molecule has 0 saturated carbocycles. The lowest BCUT2D eigenvalue weighted by atomic mass is 9.65. The largest absolute Gasteiger partial charge is 0.466 e. The molecule has 3 fully saturated rings. The van der Waals surface area contributed by atoms with Gasteiger partial charge >= 0.3 is 5.97 Å². The van der Waals surface area contributed by atoms with Crippen LogP contribution >= 0.6 is 0 Å². The van der Waals surface area contributed by atoms with Crippen LogP contribution in [0, 0.1) is 11.8 Å². The first-order valence-corrected chi connectivity index (χ1v) is 14.0. The normalized spacial score (nSPS) is 31.1. The maximum Gasteiger partial charge on any atom is 0.312 e. The van der Waals surface area contributed by atoms with E-state index in [0.717, 1.165) is 18.4 Å². The van der Waals surface area contributed by atoms with Crippen LogP contribution in [0.25, 0.3) is 0 Å². The van der Waals surface area contributed by atoms with Gasteiger partial charge in [0.1, 0.15) is 17.6 Å². The molecule has 8 nitrogen and oxygen atoms in total. The van der Waals surface area contributed by atoms with E-state index in [0.29, 0.717) is 25.8 Å². The molecular formula is C30H42N2O6. The highest BCUT2D eigenvalue weighted by Crippen LogP contribution is 2.65. The number of likely N-dealkylation sites (tertiary alicyclic amines) is 1. The van der Waals surface area contributed by atoms with Gasteiger partial charge in [-0.3, -0.25) is 14.4 Å². The molecule has 1 aromatic rings. The highest BCUT2D eigenvalue weighted by Gasteiger charge is 2.79. The molecule has 3 heterocycles. The Hall–Kier alpha value is -2.71. The first-order valence-electron chi connectivity index (χ1n) is 14.0. The molecule has 208 valence electrons. The summed E-state index contributed by atoms with van der Waals surface area (Å²) >= 11 is 0. The van der Waals surface area contributed by atoms with E-state index in [1.165, 1.54) is 4.90 Å². The number of aliphatic hydroxyl groups excluding tert-OH is 1. The summed E-state index contributed by atoms with van der Waals surface area (Å²) in [6.07, 6.45) is 4.97. The van der Waals surface area contributed by atoms with Gasteiger partial charge in [0.05, 0.1) is 30.8 Å². The zero-order chi connectivity index (χ0) is 27.7. The average molecular weight is 527 g/mol. The number of esters is 1. The number of amides is 2. The first kappa shape index (κ1) is 28.3. The number of carbonyl (C=O) groups is 3. The summed E-state index contributed by atoms with van der Waals surface area (Å²) in [5, 5.41) is 10.6. The second-order valence-electron chi connectivity index (χ2n) is 10.9. The standard InChI is InChI=1S/C30H42N2O6/c1-6-13-20(5)31(18-7-2)27(35)25-30-17-16-29(8-3,38-30)24(28(36)37-9-4)23(30)26(34)32(25)22(19-33)21-14-11-10-12-15-21/h7,10-12,14-15,20,22-25,33H,2,6,8-9,13,16-19H2,1,3-5H3/t20?,22-,23+,24-,25?,29+,30?/m1/s1. The Balaban J connectivity index is 1.88. The summed E-state index contributed by atoms with van der Waals surface area (Å²) in [4.78, 5) is 45.7. The number of hydrogen-bond donors (Lipinski definition) is 1. The second kappa shape index (κ2) is 11.2. The Kier molecular flexibility index (Phi) is 8.33. The highest BCUT2D eigenvalue weighted by atomic mass is 16.6. The lowest BCUT2D eigenvalue weighted by Crippen LogP contribution is -2.58. The van der Waals surface area contributed by atoms with Crippen LogP contribution in [0.3, 0.4) is 0 Å². The van der Waals surface area contributed by atoms with Crippen LogP contribution in [0.4, 0.5) is 0 Å². The molecule has 2 bridgehead atoms. The molecule has 0 radical (unpaired) electrons. The van der Waals surface area contributed by atoms with Gasteiger partial charge in [-0.15, -0.1) is 6.58 Å². The van der Waals surface area contributed by atoms with Gasteiger partial charge in [0, 0.05) is 12.6 Å². The Morgan fingerprint density at radius 2 is 1.97 bits per heavy atom. The number of carbonyl (C=O) groups excluding carboxylic acids is 3. The predicted octanol–water partition coefficient (Wildman–Crippen LogP) is 3.64. The molecule has 1 aromatic carbocycles. The van der Waals surface area contributed by atoms with Crippen molar-refractivity contribution in [3.8, 4) is 0 Å². The van der Waals surface area contributed by atoms with E-state index in [1.54, 1.807) is 17.9 Å². The zero-order valence-electron chi connectivity index (χ0n) is 23.1. The Bertz CT molecular complexity index is 1050. The summed E-state index contributed by atoms with van der Waals surface area (Å²) in [7, 11) is 0. The van der Waals surface area contributed by atoms with Gasteiger partial charge in [0.15, 0.2) is 0 Å². The summed E-state index contributed by atoms with van der Waals surface area (Å²) < 4.78 is 12.3. The molecule has 1 N–H and O–H groups in total. The van der Waals surface area contributed by atoms with Gasteiger partial charge in [-0.25, -0.2) is 0 Å². The van der Waals surface area contributed by atoms with Crippen LogP contribution in [0.15, 0.2) is 43.0 Å². The van der Waals surface area contributed by atoms with Crippen molar-refractivity contribution < 1.29 is 29.0 Å². The second-order valence-corrected chi connectivity index (χ2v) is 10.9. The first-order chi connectivity index (χ1) is 18.3. The fraction of sp³-hybridized carbons (Fsp3) is 0.633. The molecule has 3 unspecified atom stereocenters. The van der Waals surface area contributed by atoms with Gasteiger partial charge in [-0.1, -0.05) is 56.7 Å². The van der Waals surface area contributed by atoms with Crippen molar-refractivity contribution in [2.75, 3.05) is 19.8 Å². The van der Waals surface area contributed by atoms with Crippen LogP contribution in [0.1, 0.15) is 71.4 Å². The van der Waals surface area contributed by atoms with Crippen molar-refractivity contribution in [3.05, 3.63) is 48.6 Å². The Morgan fingerprint density at radius 3 is 2.55 bits per heavy atom. The van der Waals surface area contributed by atoms with Gasteiger partial charge in [0.2, 0.25) is 11.8 Å². The minimum absolute atomic E-state index is 0.0817. The van der Waals surface area contributed by atoms with Gasteiger partial charge < -0.3 is 24.4 Å². The van der Waals surface area contributed by atoms with Crippen LogP contribution in [-0.2, 0) is 23.9 Å². The minimum Gasteiger partial charge on any atom is -0.466 e. The maximum absolute atomic E-state index is 14.6. The lowest BCUT2D eigenvalue weighted by molar-refractivity contribution is -0.163. The lowest BCUT2D eigenvalue weighted by Gasteiger charge is -2.41. The van der Waals surface area contributed by atoms with E-state index in [9.17, 15) is 19.5 Å². The summed E-state index contributed by atoms with van der Waals surface area (Å²) in [5.74, 6) is -2.67. The molecule has 3 aliphatic rings. The fourth-order valence-corrected chi connectivity index (χ4v) is 7.25. The number of aliphatic hydroxyl groups is 1. The van der Waals surface area contributed by atoms with E-state index < -0.39 is 41.1 Å². The molecular weight excluding hydrogens is 484 g/mol. The smallest absolute Gasteiger partial charge is 0.312 e. The quantitative estimate of drug-likeness (QED) is 0.330. The molecule has 8 heteroatoms. The average Bonchev–Trinajstić information content (AvgIpc) is 3.52. The number of nitrogens with zero attached hydrogens (tertiary/aromatic N) is 2. The number of hydrogen-bond acceptors (Lipinski definition) is 6. The molecule has 0 aromatic heterocycles. The Morgan fingerprint density at radius 1 is 1.26 bits per heavy atom. The molecule has 1 spiro atoms. The maximum atomic E-state index is 14.6. The minimum atomic E-state index is -1.17. The summed E-state index contributed by atoms with van der Waals surface area (Å²) in [6.45, 7) is 11.8. The highest BCUT2D eigenvalue weighted by molar-refractivity contribution is 5.99. The summed E-state index contributed by atoms with van der Waals surface area (Å²) in [5.41, 5.74) is -1.30. The molecule has 3 aliphatic heterocycles. The molecule has 4 rings (SSSR count). The van der Waals surface area contributed by atoms with Crippen LogP contribution in [0.2, 0.25) is 0 Å².